The number of carbonyl (C=O) groups is 3. The maximum atomic E-state index is 12.6. The van der Waals surface area contributed by atoms with E-state index < -0.39 is 5.97 Å². The van der Waals surface area contributed by atoms with Crippen molar-refractivity contribution in [1.82, 2.24) is 0 Å². The minimum atomic E-state index is -0.590. The van der Waals surface area contributed by atoms with E-state index in [4.69, 9.17) is 14.2 Å². The number of Topliss-reactive ketones (excluding diaryl/α,β-unsaturated/α-hetero) is 2. The molecule has 0 unspecified atom stereocenters. The zero-order valence-corrected chi connectivity index (χ0v) is 17.6. The van der Waals surface area contributed by atoms with E-state index in [1.807, 2.05) is 25.1 Å². The van der Waals surface area contributed by atoms with Crippen molar-refractivity contribution >= 4 is 23.6 Å². The first kappa shape index (κ1) is 21.1. The zero-order valence-electron chi connectivity index (χ0n) is 17.6. The molecule has 32 heavy (non-hydrogen) atoms. The van der Waals surface area contributed by atoms with Crippen molar-refractivity contribution in [3.8, 4) is 17.2 Å². The first-order valence-electron chi connectivity index (χ1n) is 9.94. The van der Waals surface area contributed by atoms with E-state index in [2.05, 4.69) is 0 Å². The van der Waals surface area contributed by atoms with Gasteiger partial charge >= 0.3 is 5.97 Å². The van der Waals surface area contributed by atoms with Crippen molar-refractivity contribution in [3.05, 3.63) is 94.6 Å². The molecule has 0 N–H and O–H groups in total. The lowest BCUT2D eigenvalue weighted by atomic mass is 10.1. The molecule has 0 radical (unpaired) electrons. The van der Waals surface area contributed by atoms with Gasteiger partial charge in [-0.15, -0.1) is 0 Å². The molecule has 0 aromatic heterocycles. The Balaban J connectivity index is 1.49. The third-order valence-electron chi connectivity index (χ3n) is 4.97. The number of hydrogen-bond acceptors (Lipinski definition) is 6. The van der Waals surface area contributed by atoms with Gasteiger partial charge in [0.25, 0.3) is 0 Å². The maximum absolute atomic E-state index is 12.6. The third kappa shape index (κ3) is 4.30. The number of fused-ring (bicyclic) bond motifs is 1. The highest BCUT2D eigenvalue weighted by Crippen LogP contribution is 2.32. The Hall–Kier alpha value is -4.19. The lowest BCUT2D eigenvalue weighted by Crippen LogP contribution is -2.18. The molecule has 0 fully saturated rings. The largest absolute Gasteiger partial charge is 0.493 e. The number of aryl methyl sites for hydroxylation is 1. The van der Waals surface area contributed by atoms with Crippen molar-refractivity contribution < 1.29 is 28.6 Å². The van der Waals surface area contributed by atoms with Crippen molar-refractivity contribution in [2.24, 2.45) is 0 Å². The minimum Gasteiger partial charge on any atom is -0.493 e. The lowest BCUT2D eigenvalue weighted by molar-refractivity contribution is -0.136. The van der Waals surface area contributed by atoms with Crippen LogP contribution in [0.25, 0.3) is 6.08 Å². The molecule has 3 aromatic carbocycles. The second kappa shape index (κ2) is 8.89. The average molecular weight is 428 g/mol. The lowest BCUT2D eigenvalue weighted by Gasteiger charge is -2.11. The van der Waals surface area contributed by atoms with Crippen LogP contribution in [0.1, 0.15) is 31.8 Å². The summed E-state index contributed by atoms with van der Waals surface area (Å²) in [5.74, 6) is -0.143. The molecule has 0 spiro atoms. The van der Waals surface area contributed by atoms with Gasteiger partial charge < -0.3 is 14.2 Å². The van der Waals surface area contributed by atoms with Crippen LogP contribution in [0.5, 0.6) is 17.2 Å². The molecule has 4 rings (SSSR count). The first-order valence-corrected chi connectivity index (χ1v) is 9.94. The van der Waals surface area contributed by atoms with Crippen LogP contribution in [0.15, 0.2) is 72.3 Å². The van der Waals surface area contributed by atoms with E-state index >= 15 is 0 Å². The van der Waals surface area contributed by atoms with Crippen LogP contribution in [-0.2, 0) is 4.79 Å². The molecule has 0 aliphatic heterocycles. The van der Waals surface area contributed by atoms with Crippen molar-refractivity contribution in [2.75, 3.05) is 13.7 Å². The predicted octanol–water partition coefficient (Wildman–Crippen LogP) is 4.45. The van der Waals surface area contributed by atoms with Gasteiger partial charge in [-0.1, -0.05) is 42.5 Å². The summed E-state index contributed by atoms with van der Waals surface area (Å²) in [6, 6.07) is 18.9. The smallest absolute Gasteiger partial charge is 0.349 e. The first-order chi connectivity index (χ1) is 15.5. The molecule has 1 aliphatic carbocycles. The Bertz CT molecular complexity index is 1220. The number of methoxy groups -OCH3 is 1. The molecular formula is C26H20O6. The Morgan fingerprint density at radius 3 is 2.25 bits per heavy atom. The molecule has 160 valence electrons. The van der Waals surface area contributed by atoms with Crippen LogP contribution in [-0.4, -0.2) is 31.3 Å². The second-order valence-electron chi connectivity index (χ2n) is 7.25. The second-order valence-corrected chi connectivity index (χ2v) is 7.25. The number of ether oxygens (including phenoxy) is 3. The molecule has 3 aromatic rings. The third-order valence-corrected chi connectivity index (χ3v) is 4.97. The quantitative estimate of drug-likeness (QED) is 0.250. The van der Waals surface area contributed by atoms with Crippen molar-refractivity contribution in [1.29, 1.82) is 0 Å². The van der Waals surface area contributed by atoms with E-state index in [1.54, 1.807) is 48.5 Å². The monoisotopic (exact) mass is 428 g/mol. The summed E-state index contributed by atoms with van der Waals surface area (Å²) in [4.78, 5) is 37.4. The summed E-state index contributed by atoms with van der Waals surface area (Å²) < 4.78 is 16.2. The molecule has 6 nitrogen and oxygen atoms in total. The SMILES string of the molecule is COc1cc(C=C2C(=O)c3ccccc3C2=O)ccc1OC(=O)COc1cccc(C)c1. The van der Waals surface area contributed by atoms with Gasteiger partial charge in [0.1, 0.15) is 5.75 Å². The maximum Gasteiger partial charge on any atom is 0.349 e. The summed E-state index contributed by atoms with van der Waals surface area (Å²) >= 11 is 0. The predicted molar refractivity (Wildman–Crippen MR) is 118 cm³/mol. The van der Waals surface area contributed by atoms with E-state index in [9.17, 15) is 14.4 Å². The van der Waals surface area contributed by atoms with E-state index in [0.717, 1.165) is 5.56 Å². The van der Waals surface area contributed by atoms with Gasteiger partial charge in [-0.3, -0.25) is 9.59 Å². The van der Waals surface area contributed by atoms with Crippen LogP contribution in [0.4, 0.5) is 0 Å². The molecule has 6 heteroatoms. The highest BCUT2D eigenvalue weighted by molar-refractivity contribution is 6.41. The summed E-state index contributed by atoms with van der Waals surface area (Å²) in [5.41, 5.74) is 2.47. The molecule has 0 amide bonds. The number of esters is 1. The number of hydrogen-bond donors (Lipinski definition) is 0. The number of allylic oxidation sites excluding steroid dienone is 1. The van der Waals surface area contributed by atoms with Crippen LogP contribution >= 0.6 is 0 Å². The Morgan fingerprint density at radius 1 is 0.875 bits per heavy atom. The van der Waals surface area contributed by atoms with Gasteiger partial charge in [-0.25, -0.2) is 4.79 Å². The number of ketones is 2. The van der Waals surface area contributed by atoms with Crippen molar-refractivity contribution in [3.63, 3.8) is 0 Å². The topological polar surface area (TPSA) is 78.9 Å². The zero-order chi connectivity index (χ0) is 22.7. The van der Waals surface area contributed by atoms with Gasteiger partial charge in [-0.2, -0.15) is 0 Å². The molecule has 0 saturated carbocycles. The Labute approximate surface area is 185 Å². The summed E-state index contributed by atoms with van der Waals surface area (Å²) in [6.07, 6.45) is 1.51. The van der Waals surface area contributed by atoms with E-state index in [1.165, 1.54) is 13.2 Å². The van der Waals surface area contributed by atoms with Crippen LogP contribution in [0.2, 0.25) is 0 Å². The van der Waals surface area contributed by atoms with Crippen LogP contribution in [0, 0.1) is 6.92 Å². The van der Waals surface area contributed by atoms with Gasteiger partial charge in [0.05, 0.1) is 12.7 Å². The normalized spacial score (nSPS) is 12.4. The molecular weight excluding hydrogens is 408 g/mol. The fourth-order valence-electron chi connectivity index (χ4n) is 3.43. The summed E-state index contributed by atoms with van der Waals surface area (Å²) in [5, 5.41) is 0. The molecule has 1 aliphatic rings. The summed E-state index contributed by atoms with van der Waals surface area (Å²) in [6.45, 7) is 1.66. The van der Waals surface area contributed by atoms with E-state index in [0.29, 0.717) is 28.2 Å². The molecule has 0 atom stereocenters. The van der Waals surface area contributed by atoms with Gasteiger partial charge in [0, 0.05) is 11.1 Å². The summed E-state index contributed by atoms with van der Waals surface area (Å²) in [7, 11) is 1.44. The standard InChI is InChI=1S/C26H20O6/c1-16-6-5-7-18(12-16)31-15-24(27)32-22-11-10-17(14-23(22)30-2)13-21-25(28)19-8-3-4-9-20(19)26(21)29/h3-14H,15H2,1-2H3. The minimum absolute atomic E-state index is 0.0875. The fraction of sp³-hybridized carbons (Fsp3) is 0.115. The van der Waals surface area contributed by atoms with Crippen LogP contribution < -0.4 is 14.2 Å². The van der Waals surface area contributed by atoms with Gasteiger partial charge in [0.2, 0.25) is 0 Å². The fourth-order valence-corrected chi connectivity index (χ4v) is 3.43. The Morgan fingerprint density at radius 2 is 1.59 bits per heavy atom. The highest BCUT2D eigenvalue weighted by atomic mass is 16.6. The number of benzene rings is 3. The number of carbonyl (C=O) groups excluding carboxylic acids is 3. The van der Waals surface area contributed by atoms with Gasteiger partial charge in [0.15, 0.2) is 29.7 Å². The average Bonchev–Trinajstić information content (AvgIpc) is 3.04. The number of rotatable bonds is 6. The van der Waals surface area contributed by atoms with E-state index in [-0.39, 0.29) is 29.5 Å². The van der Waals surface area contributed by atoms with Gasteiger partial charge in [-0.05, 0) is 48.4 Å². The molecule has 0 heterocycles. The molecule has 0 saturated heterocycles. The highest BCUT2D eigenvalue weighted by Gasteiger charge is 2.32. The Kier molecular flexibility index (Phi) is 5.85. The van der Waals surface area contributed by atoms with Crippen LogP contribution in [0.3, 0.4) is 0 Å². The molecule has 0 bridgehead atoms. The van der Waals surface area contributed by atoms with Crippen molar-refractivity contribution in [2.45, 2.75) is 6.92 Å².